The van der Waals surface area contributed by atoms with E-state index >= 15 is 0 Å². The standard InChI is InChI=1S/C25H33FN4O4S/c1-16-24(29-23-8-7-21(11-22(23)26)35(2,31)32)27-15-28-25(16)34-20-9-18-13-33-14-19(10-20)30(18)12-17-5-3-4-6-17/h7-8,11,15,17-20H,3-6,9-10,12-14H2,1-2H3,(H,27,28,29)/t18-,19+,20-. The van der Waals surface area contributed by atoms with E-state index in [2.05, 4.69) is 20.2 Å². The summed E-state index contributed by atoms with van der Waals surface area (Å²) in [6.07, 6.45) is 9.62. The molecule has 8 nitrogen and oxygen atoms in total. The van der Waals surface area contributed by atoms with Crippen molar-refractivity contribution in [1.82, 2.24) is 14.9 Å². The second-order valence-electron chi connectivity index (χ2n) is 10.1. The molecule has 0 amide bonds. The molecule has 1 aliphatic carbocycles. The van der Waals surface area contributed by atoms with Crippen LogP contribution in [-0.2, 0) is 14.6 Å². The number of nitrogens with zero attached hydrogens (tertiary/aromatic N) is 3. The second kappa shape index (κ2) is 9.99. The predicted molar refractivity (Wildman–Crippen MR) is 130 cm³/mol. The number of rotatable bonds is 7. The summed E-state index contributed by atoms with van der Waals surface area (Å²) in [6, 6.07) is 4.49. The Hall–Kier alpha value is -2.30. The van der Waals surface area contributed by atoms with Crippen LogP contribution < -0.4 is 10.1 Å². The number of piperidine rings is 1. The molecule has 1 aromatic heterocycles. The largest absolute Gasteiger partial charge is 0.474 e. The fourth-order valence-electron chi connectivity index (χ4n) is 5.62. The first-order valence-corrected chi connectivity index (χ1v) is 14.3. The van der Waals surface area contributed by atoms with Gasteiger partial charge in [0.2, 0.25) is 5.88 Å². The minimum absolute atomic E-state index is 0.0287. The van der Waals surface area contributed by atoms with Gasteiger partial charge in [-0.3, -0.25) is 4.90 Å². The van der Waals surface area contributed by atoms with E-state index < -0.39 is 15.7 Å². The number of fused-ring (bicyclic) bond motifs is 2. The van der Waals surface area contributed by atoms with Crippen molar-refractivity contribution in [1.29, 1.82) is 0 Å². The third kappa shape index (κ3) is 5.44. The molecular weight excluding hydrogens is 471 g/mol. The number of benzene rings is 1. The molecule has 3 atom stereocenters. The van der Waals surface area contributed by atoms with E-state index in [1.54, 1.807) is 0 Å². The van der Waals surface area contributed by atoms with Crippen molar-refractivity contribution in [2.75, 3.05) is 31.3 Å². The van der Waals surface area contributed by atoms with Gasteiger partial charge in [-0.15, -0.1) is 0 Å². The first kappa shape index (κ1) is 24.4. The zero-order chi connectivity index (χ0) is 24.6. The van der Waals surface area contributed by atoms with Crippen LogP contribution in [0.4, 0.5) is 15.9 Å². The minimum atomic E-state index is -3.49. The highest BCUT2D eigenvalue weighted by molar-refractivity contribution is 7.90. The SMILES string of the molecule is Cc1c(Nc2ccc(S(C)(=O)=O)cc2F)ncnc1O[C@H]1C[C@H]2COC[C@@H](C1)N2CC1CCCC1. The average molecular weight is 505 g/mol. The Morgan fingerprint density at radius 3 is 2.54 bits per heavy atom. The second-order valence-corrected chi connectivity index (χ2v) is 12.1. The summed E-state index contributed by atoms with van der Waals surface area (Å²) in [5.41, 5.74) is 0.811. The molecule has 1 saturated carbocycles. The molecule has 1 N–H and O–H groups in total. The van der Waals surface area contributed by atoms with Gasteiger partial charge < -0.3 is 14.8 Å². The van der Waals surface area contributed by atoms with E-state index in [1.165, 1.54) is 44.1 Å². The smallest absolute Gasteiger partial charge is 0.221 e. The van der Waals surface area contributed by atoms with Gasteiger partial charge in [-0.2, -0.15) is 0 Å². The maximum absolute atomic E-state index is 14.6. The molecule has 0 radical (unpaired) electrons. The van der Waals surface area contributed by atoms with Gasteiger partial charge in [0.1, 0.15) is 24.1 Å². The Labute approximate surface area is 206 Å². The molecule has 5 rings (SSSR count). The Kier molecular flexibility index (Phi) is 6.96. The fraction of sp³-hybridized carbons (Fsp3) is 0.600. The van der Waals surface area contributed by atoms with Crippen molar-refractivity contribution in [2.24, 2.45) is 5.92 Å². The Morgan fingerprint density at radius 1 is 1.17 bits per heavy atom. The maximum Gasteiger partial charge on any atom is 0.221 e. The topological polar surface area (TPSA) is 93.7 Å². The van der Waals surface area contributed by atoms with Gasteiger partial charge in [-0.05, 0) is 43.9 Å². The molecule has 35 heavy (non-hydrogen) atoms. The Morgan fingerprint density at radius 2 is 1.89 bits per heavy atom. The van der Waals surface area contributed by atoms with Crippen molar-refractivity contribution < 1.29 is 22.3 Å². The summed E-state index contributed by atoms with van der Waals surface area (Å²) < 4.78 is 50.2. The highest BCUT2D eigenvalue weighted by atomic mass is 32.2. The van der Waals surface area contributed by atoms with Gasteiger partial charge in [0.05, 0.1) is 29.4 Å². The van der Waals surface area contributed by atoms with Crippen LogP contribution >= 0.6 is 0 Å². The van der Waals surface area contributed by atoms with Gasteiger partial charge >= 0.3 is 0 Å². The number of hydrogen-bond donors (Lipinski definition) is 1. The lowest BCUT2D eigenvalue weighted by Gasteiger charge is -2.49. The number of aromatic nitrogens is 2. The van der Waals surface area contributed by atoms with Gasteiger partial charge in [-0.25, -0.2) is 22.8 Å². The van der Waals surface area contributed by atoms with E-state index in [0.29, 0.717) is 29.3 Å². The molecule has 2 aromatic rings. The summed E-state index contributed by atoms with van der Waals surface area (Å²) in [5, 5.41) is 2.95. The van der Waals surface area contributed by atoms with Crippen molar-refractivity contribution >= 4 is 21.3 Å². The monoisotopic (exact) mass is 504 g/mol. The van der Waals surface area contributed by atoms with Crippen molar-refractivity contribution in [2.45, 2.75) is 68.5 Å². The molecule has 2 saturated heterocycles. The van der Waals surface area contributed by atoms with Gasteiger partial charge in [0.25, 0.3) is 0 Å². The molecule has 190 valence electrons. The Bertz CT molecular complexity index is 1160. The van der Waals surface area contributed by atoms with Crippen LogP contribution in [0.25, 0.3) is 0 Å². The molecule has 1 aromatic carbocycles. The number of nitrogens with one attached hydrogen (secondary N) is 1. The average Bonchev–Trinajstić information content (AvgIpc) is 3.31. The Balaban J connectivity index is 1.27. The summed E-state index contributed by atoms with van der Waals surface area (Å²) in [5.74, 6) is 1.03. The molecular formula is C25H33FN4O4S. The summed E-state index contributed by atoms with van der Waals surface area (Å²) in [4.78, 5) is 11.2. The van der Waals surface area contributed by atoms with E-state index in [9.17, 15) is 12.8 Å². The van der Waals surface area contributed by atoms with E-state index in [1.807, 2.05) is 6.92 Å². The normalized spacial score (nSPS) is 25.5. The molecule has 0 unspecified atom stereocenters. The quantitative estimate of drug-likeness (QED) is 0.607. The number of ether oxygens (including phenoxy) is 2. The number of halogens is 1. The molecule has 2 bridgehead atoms. The molecule has 10 heteroatoms. The lowest BCUT2D eigenvalue weighted by atomic mass is 9.90. The summed E-state index contributed by atoms with van der Waals surface area (Å²) in [6.45, 7) is 4.47. The van der Waals surface area contributed by atoms with Crippen LogP contribution in [0.5, 0.6) is 5.88 Å². The first-order chi connectivity index (χ1) is 16.8. The minimum Gasteiger partial charge on any atom is -0.474 e. The third-order valence-corrected chi connectivity index (χ3v) is 8.62. The fourth-order valence-corrected chi connectivity index (χ4v) is 6.25. The van der Waals surface area contributed by atoms with E-state index in [-0.39, 0.29) is 16.7 Å². The van der Waals surface area contributed by atoms with E-state index in [0.717, 1.165) is 50.8 Å². The molecule has 3 heterocycles. The lowest BCUT2D eigenvalue weighted by Crippen LogP contribution is -2.59. The van der Waals surface area contributed by atoms with Gasteiger partial charge in [0.15, 0.2) is 9.84 Å². The van der Waals surface area contributed by atoms with Crippen molar-refractivity contribution in [3.63, 3.8) is 0 Å². The zero-order valence-electron chi connectivity index (χ0n) is 20.2. The van der Waals surface area contributed by atoms with Crippen molar-refractivity contribution in [3.05, 3.63) is 35.9 Å². The van der Waals surface area contributed by atoms with E-state index in [4.69, 9.17) is 9.47 Å². The van der Waals surface area contributed by atoms with Crippen LogP contribution in [0.15, 0.2) is 29.4 Å². The van der Waals surface area contributed by atoms with Crippen LogP contribution in [0.2, 0.25) is 0 Å². The molecule has 3 aliphatic rings. The maximum atomic E-state index is 14.6. The van der Waals surface area contributed by atoms with Crippen LogP contribution in [0.3, 0.4) is 0 Å². The zero-order valence-corrected chi connectivity index (χ0v) is 21.1. The lowest BCUT2D eigenvalue weighted by molar-refractivity contribution is -0.105. The van der Waals surface area contributed by atoms with Crippen LogP contribution in [0, 0.1) is 18.7 Å². The molecule has 2 aliphatic heterocycles. The third-order valence-electron chi connectivity index (χ3n) is 7.51. The summed E-state index contributed by atoms with van der Waals surface area (Å²) >= 11 is 0. The molecule has 3 fully saturated rings. The number of anilines is 2. The first-order valence-electron chi connectivity index (χ1n) is 12.4. The predicted octanol–water partition coefficient (Wildman–Crippen LogP) is 3.87. The van der Waals surface area contributed by atoms with Gasteiger partial charge in [-0.1, -0.05) is 12.8 Å². The number of morpholine rings is 1. The van der Waals surface area contributed by atoms with Crippen molar-refractivity contribution in [3.8, 4) is 5.88 Å². The molecule has 0 spiro atoms. The van der Waals surface area contributed by atoms with Crippen LogP contribution in [0.1, 0.15) is 44.1 Å². The number of hydrogen-bond acceptors (Lipinski definition) is 8. The number of sulfone groups is 1. The van der Waals surface area contributed by atoms with Crippen LogP contribution in [-0.4, -0.2) is 67.5 Å². The summed E-state index contributed by atoms with van der Waals surface area (Å²) in [7, 11) is -3.49. The highest BCUT2D eigenvalue weighted by Crippen LogP contribution is 2.35. The highest BCUT2D eigenvalue weighted by Gasteiger charge is 2.41. The van der Waals surface area contributed by atoms with Gasteiger partial charge in [0, 0.05) is 37.7 Å².